The minimum atomic E-state index is -0.136. The van der Waals surface area contributed by atoms with Gasteiger partial charge in [-0.1, -0.05) is 11.2 Å². The Hall–Kier alpha value is -2.21. The summed E-state index contributed by atoms with van der Waals surface area (Å²) < 4.78 is 5.37. The first-order valence-corrected chi connectivity index (χ1v) is 7.85. The van der Waals surface area contributed by atoms with E-state index < -0.39 is 0 Å². The van der Waals surface area contributed by atoms with E-state index in [2.05, 4.69) is 15.5 Å². The van der Waals surface area contributed by atoms with Crippen molar-refractivity contribution in [3.63, 3.8) is 0 Å². The summed E-state index contributed by atoms with van der Waals surface area (Å²) in [7, 11) is 0. The second-order valence-electron chi connectivity index (χ2n) is 5.47. The molecule has 114 valence electrons. The highest BCUT2D eigenvalue weighted by Gasteiger charge is 2.15. The number of carbonyl (C=O) groups is 1. The van der Waals surface area contributed by atoms with E-state index in [1.807, 2.05) is 39.8 Å². The quantitative estimate of drug-likeness (QED) is 0.800. The van der Waals surface area contributed by atoms with Gasteiger partial charge in [0.25, 0.3) is 0 Å². The van der Waals surface area contributed by atoms with Crippen LogP contribution >= 0.6 is 11.3 Å². The van der Waals surface area contributed by atoms with Crippen LogP contribution < -0.4 is 5.32 Å². The molecular weight excluding hydrogens is 298 g/mol. The number of aryl methyl sites for hydroxylation is 4. The van der Waals surface area contributed by atoms with Gasteiger partial charge in [0.2, 0.25) is 5.91 Å². The molecule has 3 aromatic rings. The third kappa shape index (κ3) is 2.74. The molecule has 0 aliphatic carbocycles. The van der Waals surface area contributed by atoms with Gasteiger partial charge in [0, 0.05) is 10.3 Å². The van der Waals surface area contributed by atoms with Crippen LogP contribution in [0.15, 0.2) is 16.7 Å². The number of nitrogens with one attached hydrogen (secondary N) is 1. The monoisotopic (exact) mass is 315 g/mol. The van der Waals surface area contributed by atoms with E-state index in [1.54, 1.807) is 0 Å². The molecule has 1 amide bonds. The van der Waals surface area contributed by atoms with Crippen LogP contribution in [0.1, 0.15) is 27.4 Å². The maximum Gasteiger partial charge on any atom is 0.232 e. The van der Waals surface area contributed by atoms with E-state index >= 15 is 0 Å². The van der Waals surface area contributed by atoms with Crippen LogP contribution in [0.4, 0.5) is 5.13 Å². The van der Waals surface area contributed by atoms with E-state index in [0.717, 1.165) is 32.7 Å². The number of rotatable bonds is 3. The number of carbonyl (C=O) groups excluding carboxylic acids is 1. The Morgan fingerprint density at radius 3 is 2.73 bits per heavy atom. The predicted octanol–water partition coefficient (Wildman–Crippen LogP) is 3.70. The lowest BCUT2D eigenvalue weighted by Crippen LogP contribution is -2.14. The van der Waals surface area contributed by atoms with Gasteiger partial charge in [0.05, 0.1) is 12.1 Å². The van der Waals surface area contributed by atoms with Gasteiger partial charge in [-0.2, -0.15) is 0 Å². The summed E-state index contributed by atoms with van der Waals surface area (Å²) in [4.78, 5) is 17.6. The Bertz CT molecular complexity index is 844. The second-order valence-corrected chi connectivity index (χ2v) is 6.68. The van der Waals surface area contributed by atoms with E-state index in [4.69, 9.17) is 4.52 Å². The molecule has 0 aliphatic rings. The lowest BCUT2D eigenvalue weighted by Gasteiger charge is -2.00. The van der Waals surface area contributed by atoms with Crippen molar-refractivity contribution >= 4 is 33.3 Å². The number of hydrogen-bond acceptors (Lipinski definition) is 5. The number of hydrogen-bond donors (Lipinski definition) is 1. The van der Waals surface area contributed by atoms with Crippen molar-refractivity contribution in [3.8, 4) is 0 Å². The molecule has 0 atom stereocenters. The molecule has 0 saturated heterocycles. The lowest BCUT2D eigenvalue weighted by atomic mass is 10.1. The topological polar surface area (TPSA) is 68.0 Å². The molecule has 0 bridgehead atoms. The fourth-order valence-corrected chi connectivity index (χ4v) is 3.24. The molecule has 0 aliphatic heterocycles. The number of fused-ring (bicyclic) bond motifs is 1. The molecule has 0 saturated carbocycles. The molecule has 22 heavy (non-hydrogen) atoms. The molecular formula is C16H17N3O2S. The number of anilines is 1. The fourth-order valence-electron chi connectivity index (χ4n) is 2.41. The smallest absolute Gasteiger partial charge is 0.232 e. The summed E-state index contributed by atoms with van der Waals surface area (Å²) in [6.45, 7) is 7.91. The van der Waals surface area contributed by atoms with Gasteiger partial charge in [-0.05, 0) is 44.9 Å². The summed E-state index contributed by atoms with van der Waals surface area (Å²) in [5.74, 6) is -0.136. The molecule has 5 nitrogen and oxygen atoms in total. The highest BCUT2D eigenvalue weighted by atomic mass is 32.1. The van der Waals surface area contributed by atoms with Gasteiger partial charge in [-0.15, -0.1) is 11.3 Å². The first-order chi connectivity index (χ1) is 10.4. The Morgan fingerprint density at radius 2 is 2.05 bits per heavy atom. The summed E-state index contributed by atoms with van der Waals surface area (Å²) in [5.41, 5.74) is 4.50. The largest absolute Gasteiger partial charge is 0.356 e. The van der Waals surface area contributed by atoms with Crippen LogP contribution in [0.5, 0.6) is 0 Å². The molecule has 0 spiro atoms. The van der Waals surface area contributed by atoms with E-state index in [-0.39, 0.29) is 12.3 Å². The minimum Gasteiger partial charge on any atom is -0.356 e. The van der Waals surface area contributed by atoms with Crippen molar-refractivity contribution in [2.24, 2.45) is 0 Å². The van der Waals surface area contributed by atoms with Gasteiger partial charge in [0.15, 0.2) is 10.7 Å². The van der Waals surface area contributed by atoms with Crippen molar-refractivity contribution < 1.29 is 9.32 Å². The van der Waals surface area contributed by atoms with Crippen molar-refractivity contribution in [2.75, 3.05) is 5.32 Å². The van der Waals surface area contributed by atoms with Crippen LogP contribution in [-0.4, -0.2) is 16.0 Å². The standard InChI is InChI=1S/C16H17N3O2S/c1-8-5-9(2)15-12(6-8)13(19-21-15)7-14(20)18-16-17-10(3)11(4)22-16/h5-6H,7H2,1-4H3,(H,17,18,20). The van der Waals surface area contributed by atoms with Gasteiger partial charge in [-0.3, -0.25) is 4.79 Å². The third-order valence-electron chi connectivity index (χ3n) is 3.58. The van der Waals surface area contributed by atoms with Crippen LogP contribution in [0.2, 0.25) is 0 Å². The Kier molecular flexibility index (Phi) is 3.70. The number of aromatic nitrogens is 2. The molecule has 3 rings (SSSR count). The Labute approximate surface area is 132 Å². The van der Waals surface area contributed by atoms with E-state index in [9.17, 15) is 4.79 Å². The van der Waals surface area contributed by atoms with Gasteiger partial charge in [0.1, 0.15) is 5.69 Å². The fraction of sp³-hybridized carbons (Fsp3) is 0.312. The lowest BCUT2D eigenvalue weighted by molar-refractivity contribution is -0.115. The molecule has 0 radical (unpaired) electrons. The van der Waals surface area contributed by atoms with E-state index in [1.165, 1.54) is 11.3 Å². The highest BCUT2D eigenvalue weighted by molar-refractivity contribution is 7.15. The maximum absolute atomic E-state index is 12.2. The SMILES string of the molecule is Cc1cc(C)c2onc(CC(=O)Nc3nc(C)c(C)s3)c2c1. The number of amides is 1. The molecule has 0 fully saturated rings. The molecule has 6 heteroatoms. The number of thiazole rings is 1. The van der Waals surface area contributed by atoms with Crippen molar-refractivity contribution in [1.29, 1.82) is 0 Å². The number of benzene rings is 1. The Balaban J connectivity index is 1.82. The van der Waals surface area contributed by atoms with Gasteiger partial charge < -0.3 is 9.84 Å². The van der Waals surface area contributed by atoms with Crippen molar-refractivity contribution in [3.05, 3.63) is 39.5 Å². The zero-order chi connectivity index (χ0) is 15.9. The third-order valence-corrected chi connectivity index (χ3v) is 4.57. The van der Waals surface area contributed by atoms with Gasteiger partial charge in [-0.25, -0.2) is 4.98 Å². The van der Waals surface area contributed by atoms with E-state index in [0.29, 0.717) is 10.8 Å². The summed E-state index contributed by atoms with van der Waals surface area (Å²) in [6, 6.07) is 4.04. The average Bonchev–Trinajstić information content (AvgIpc) is 2.94. The first-order valence-electron chi connectivity index (χ1n) is 7.03. The van der Waals surface area contributed by atoms with Gasteiger partial charge >= 0.3 is 0 Å². The number of nitrogens with zero attached hydrogens (tertiary/aromatic N) is 2. The zero-order valence-electron chi connectivity index (χ0n) is 13.0. The molecule has 1 N–H and O–H groups in total. The van der Waals surface area contributed by atoms with Crippen LogP contribution in [0.3, 0.4) is 0 Å². The maximum atomic E-state index is 12.2. The van der Waals surface area contributed by atoms with Crippen LogP contribution in [0, 0.1) is 27.7 Å². The van der Waals surface area contributed by atoms with Crippen molar-refractivity contribution in [2.45, 2.75) is 34.1 Å². The van der Waals surface area contributed by atoms with Crippen LogP contribution in [-0.2, 0) is 11.2 Å². The summed E-state index contributed by atoms with van der Waals surface area (Å²) in [5, 5.41) is 8.40. The molecule has 2 heterocycles. The predicted molar refractivity (Wildman–Crippen MR) is 87.4 cm³/mol. The molecule has 1 aromatic carbocycles. The summed E-state index contributed by atoms with van der Waals surface area (Å²) in [6.07, 6.45) is 0.174. The molecule has 0 unspecified atom stereocenters. The normalized spacial score (nSPS) is 11.1. The summed E-state index contributed by atoms with van der Waals surface area (Å²) >= 11 is 1.48. The zero-order valence-corrected chi connectivity index (χ0v) is 13.8. The van der Waals surface area contributed by atoms with Crippen LogP contribution in [0.25, 0.3) is 11.0 Å². The first kappa shape index (κ1) is 14.7. The second kappa shape index (κ2) is 5.53. The molecule has 2 aromatic heterocycles. The highest BCUT2D eigenvalue weighted by Crippen LogP contribution is 2.25. The average molecular weight is 315 g/mol. The Morgan fingerprint density at radius 1 is 1.27 bits per heavy atom. The minimum absolute atomic E-state index is 0.136. The van der Waals surface area contributed by atoms with Crippen molar-refractivity contribution in [1.82, 2.24) is 10.1 Å².